The quantitative estimate of drug-likeness (QED) is 0.150. The molecule has 0 spiro atoms. The summed E-state index contributed by atoms with van der Waals surface area (Å²) in [5, 5.41) is 9.16. The van der Waals surface area contributed by atoms with E-state index in [2.05, 4.69) is 224 Å². The van der Waals surface area contributed by atoms with Crippen molar-refractivity contribution in [3.05, 3.63) is 253 Å². The third kappa shape index (κ3) is 6.25. The highest BCUT2D eigenvalue weighted by Gasteiger charge is 2.21. The molecule has 0 saturated carbocycles. The molecule has 11 aromatic carbocycles. The maximum absolute atomic E-state index is 6.45. The minimum atomic E-state index is 0.00156. The molecule has 2 heterocycles. The van der Waals surface area contributed by atoms with Crippen molar-refractivity contribution in [3.63, 3.8) is 0 Å². The summed E-state index contributed by atoms with van der Waals surface area (Å²) < 4.78 is 12.9. The van der Waals surface area contributed by atoms with E-state index in [9.17, 15) is 0 Å². The molecule has 13 rings (SSSR count). The maximum Gasteiger partial charge on any atom is 0.143 e. The average molecular weight is 829 g/mol. The van der Waals surface area contributed by atoms with Gasteiger partial charge < -0.3 is 8.83 Å². The Labute approximate surface area is 376 Å². The Kier molecular flexibility index (Phi) is 8.63. The van der Waals surface area contributed by atoms with Crippen LogP contribution < -0.4 is 0 Å². The number of para-hydroxylation sites is 2. The van der Waals surface area contributed by atoms with Gasteiger partial charge in [-0.3, -0.25) is 0 Å². The molecule has 2 nitrogen and oxygen atoms in total. The molecule has 13 aromatic rings. The average Bonchev–Trinajstić information content (AvgIpc) is 3.96. The van der Waals surface area contributed by atoms with E-state index in [0.717, 1.165) is 54.6 Å². The van der Waals surface area contributed by atoms with Gasteiger partial charge in [-0.25, -0.2) is 0 Å². The number of fused-ring (bicyclic) bond motifs is 10. The fraction of sp³-hybridized carbons (Fsp3) is 0.0159. The van der Waals surface area contributed by atoms with Crippen LogP contribution in [0.25, 0.3) is 110 Å². The molecule has 0 saturated heterocycles. The predicted octanol–water partition coefficient (Wildman–Crippen LogP) is 17.6. The molecule has 0 atom stereocenters. The first-order valence-electron chi connectivity index (χ1n) is 22.3. The van der Waals surface area contributed by atoms with Crippen LogP contribution >= 0.6 is 0 Å². The highest BCUT2D eigenvalue weighted by atomic mass is 16.3. The van der Waals surface area contributed by atoms with Crippen molar-refractivity contribution in [2.45, 2.75) is 5.92 Å². The second-order valence-electron chi connectivity index (χ2n) is 17.1. The fourth-order valence-electron chi connectivity index (χ4n) is 10.2. The summed E-state index contributed by atoms with van der Waals surface area (Å²) >= 11 is 0. The summed E-state index contributed by atoms with van der Waals surface area (Å²) in [6.45, 7) is 0. The van der Waals surface area contributed by atoms with E-state index in [1.54, 1.807) is 0 Å². The van der Waals surface area contributed by atoms with E-state index in [0.29, 0.717) is 0 Å². The molecule has 0 aliphatic heterocycles. The number of hydrogen-bond donors (Lipinski definition) is 0. The largest absolute Gasteiger partial charge is 0.455 e. The van der Waals surface area contributed by atoms with E-state index in [1.807, 2.05) is 12.1 Å². The van der Waals surface area contributed by atoms with Crippen LogP contribution in [0, 0.1) is 0 Å². The van der Waals surface area contributed by atoms with E-state index in [4.69, 9.17) is 8.83 Å². The highest BCUT2D eigenvalue weighted by molar-refractivity contribution is 6.20. The van der Waals surface area contributed by atoms with E-state index < -0.39 is 0 Å². The standard InChI is InChI=1S/C63H40O2/c1-2-12-40(13-3-1)41-22-24-42(25-23-41)43-26-32-46(33-27-43)61(47-34-28-44(29-35-47)55-38-57-51-16-8-10-20-59(51)64-62(57)53-18-6-4-14-49(53)55)48-36-30-45(31-37-48)56-39-58-52-17-9-11-21-60(52)65-63(58)54-19-7-5-15-50(54)56/h1-39,61H. The van der Waals surface area contributed by atoms with Crippen LogP contribution in [-0.4, -0.2) is 0 Å². The molecule has 65 heavy (non-hydrogen) atoms. The summed E-state index contributed by atoms with van der Waals surface area (Å²) in [6, 6.07) is 85.6. The van der Waals surface area contributed by atoms with Gasteiger partial charge in [0.15, 0.2) is 0 Å². The zero-order valence-corrected chi connectivity index (χ0v) is 35.4. The van der Waals surface area contributed by atoms with Crippen LogP contribution in [0.5, 0.6) is 0 Å². The van der Waals surface area contributed by atoms with Gasteiger partial charge in [-0.05, 0) is 96.2 Å². The normalized spacial score (nSPS) is 11.8. The van der Waals surface area contributed by atoms with Crippen LogP contribution in [-0.2, 0) is 0 Å². The minimum absolute atomic E-state index is 0.00156. The first-order valence-corrected chi connectivity index (χ1v) is 22.3. The maximum atomic E-state index is 6.45. The summed E-state index contributed by atoms with van der Waals surface area (Å²) in [4.78, 5) is 0. The van der Waals surface area contributed by atoms with Crippen molar-refractivity contribution >= 4 is 65.4 Å². The van der Waals surface area contributed by atoms with Gasteiger partial charge in [-0.2, -0.15) is 0 Å². The number of benzene rings is 11. The van der Waals surface area contributed by atoms with Crippen LogP contribution in [0.2, 0.25) is 0 Å². The fourth-order valence-corrected chi connectivity index (χ4v) is 10.2. The Hall–Kier alpha value is -8.46. The first-order chi connectivity index (χ1) is 32.2. The monoisotopic (exact) mass is 828 g/mol. The molecule has 2 heteroatoms. The zero-order valence-electron chi connectivity index (χ0n) is 35.4. The van der Waals surface area contributed by atoms with Crippen molar-refractivity contribution in [3.8, 4) is 44.5 Å². The van der Waals surface area contributed by atoms with Gasteiger partial charge in [-0.15, -0.1) is 0 Å². The number of furan rings is 2. The molecule has 0 bridgehead atoms. The van der Waals surface area contributed by atoms with E-state index >= 15 is 0 Å². The minimum Gasteiger partial charge on any atom is -0.455 e. The van der Waals surface area contributed by atoms with Crippen molar-refractivity contribution in [2.24, 2.45) is 0 Å². The van der Waals surface area contributed by atoms with Crippen LogP contribution in [0.3, 0.4) is 0 Å². The first kappa shape index (κ1) is 37.1. The van der Waals surface area contributed by atoms with Gasteiger partial charge in [0.25, 0.3) is 0 Å². The van der Waals surface area contributed by atoms with Gasteiger partial charge in [0.2, 0.25) is 0 Å². The van der Waals surface area contributed by atoms with Crippen LogP contribution in [0.15, 0.2) is 245 Å². The summed E-state index contributed by atoms with van der Waals surface area (Å²) in [5.41, 5.74) is 17.0. The Morgan fingerprint density at radius 1 is 0.231 bits per heavy atom. The van der Waals surface area contributed by atoms with E-state index in [-0.39, 0.29) is 5.92 Å². The molecule has 0 N–H and O–H groups in total. The molecular weight excluding hydrogens is 789 g/mol. The number of rotatable bonds is 7. The Morgan fingerprint density at radius 3 is 0.954 bits per heavy atom. The van der Waals surface area contributed by atoms with Crippen molar-refractivity contribution in [1.29, 1.82) is 0 Å². The molecule has 2 aromatic heterocycles. The lowest BCUT2D eigenvalue weighted by molar-refractivity contribution is 0.672. The predicted molar refractivity (Wildman–Crippen MR) is 272 cm³/mol. The second kappa shape index (κ2) is 15.1. The van der Waals surface area contributed by atoms with Crippen molar-refractivity contribution < 1.29 is 8.83 Å². The molecule has 0 fully saturated rings. The summed E-state index contributed by atoms with van der Waals surface area (Å²) in [7, 11) is 0. The van der Waals surface area contributed by atoms with E-state index in [1.165, 1.54) is 72.0 Å². The second-order valence-corrected chi connectivity index (χ2v) is 17.1. The highest BCUT2D eigenvalue weighted by Crippen LogP contribution is 2.43. The Bertz CT molecular complexity index is 3700. The molecule has 0 amide bonds. The van der Waals surface area contributed by atoms with Crippen LogP contribution in [0.1, 0.15) is 22.6 Å². The molecule has 0 aliphatic carbocycles. The summed E-state index contributed by atoms with van der Waals surface area (Å²) in [5.74, 6) is 0.00156. The topological polar surface area (TPSA) is 26.3 Å². The molecule has 0 radical (unpaired) electrons. The van der Waals surface area contributed by atoms with Gasteiger partial charge in [-0.1, -0.05) is 212 Å². The number of hydrogen-bond acceptors (Lipinski definition) is 2. The third-order valence-corrected chi connectivity index (χ3v) is 13.4. The lowest BCUT2D eigenvalue weighted by Gasteiger charge is -2.21. The zero-order chi connectivity index (χ0) is 42.8. The summed E-state index contributed by atoms with van der Waals surface area (Å²) in [6.07, 6.45) is 0. The lowest BCUT2D eigenvalue weighted by atomic mass is 9.83. The van der Waals surface area contributed by atoms with Gasteiger partial charge in [0, 0.05) is 38.2 Å². The lowest BCUT2D eigenvalue weighted by Crippen LogP contribution is -2.03. The van der Waals surface area contributed by atoms with Crippen molar-refractivity contribution in [1.82, 2.24) is 0 Å². The Balaban J connectivity index is 0.914. The molecule has 0 aliphatic rings. The molecule has 304 valence electrons. The van der Waals surface area contributed by atoms with Crippen LogP contribution in [0.4, 0.5) is 0 Å². The SMILES string of the molecule is c1ccc(-c2ccc(-c3ccc(C(c4ccc(-c5cc6c7ccccc7oc6c6ccccc56)cc4)c4ccc(-c5cc6c7ccccc7oc6c6ccccc56)cc4)cc3)cc2)cc1. The van der Waals surface area contributed by atoms with Gasteiger partial charge >= 0.3 is 0 Å². The Morgan fingerprint density at radius 2 is 0.538 bits per heavy atom. The van der Waals surface area contributed by atoms with Gasteiger partial charge in [0.1, 0.15) is 22.3 Å². The van der Waals surface area contributed by atoms with Crippen molar-refractivity contribution in [2.75, 3.05) is 0 Å². The smallest absolute Gasteiger partial charge is 0.143 e. The molecular formula is C63H40O2. The third-order valence-electron chi connectivity index (χ3n) is 13.4. The molecule has 0 unspecified atom stereocenters. The van der Waals surface area contributed by atoms with Gasteiger partial charge in [0.05, 0.1) is 0 Å².